The molecule has 0 spiro atoms. The van der Waals surface area contributed by atoms with Gasteiger partial charge in [-0.3, -0.25) is 10.1 Å². The third-order valence-corrected chi connectivity index (χ3v) is 8.26. The number of thiophene rings is 1. The third-order valence-electron chi connectivity index (χ3n) is 4.06. The van der Waals surface area contributed by atoms with E-state index in [0.29, 0.717) is 9.77 Å². The molecule has 140 valence electrons. The molecule has 0 aliphatic carbocycles. The van der Waals surface area contributed by atoms with Gasteiger partial charge in [0.1, 0.15) is 0 Å². The molecule has 0 amide bonds. The number of sulfone groups is 1. The molecule has 0 bridgehead atoms. The molecule has 0 saturated carbocycles. The van der Waals surface area contributed by atoms with Gasteiger partial charge in [0, 0.05) is 16.8 Å². The number of nitro groups is 1. The highest BCUT2D eigenvalue weighted by molar-refractivity contribution is 8.01. The standard InChI is InChI=1S/C18H16N2O4S3/c1-11-10-13(19)15(12-6-4-3-5-7-12)17(16(11)20(21)22)27(23,24)14-8-9-26-18(14)25-2/h3-10H,19H2,1-2H3. The first-order chi connectivity index (χ1) is 12.8. The van der Waals surface area contributed by atoms with Crippen molar-refractivity contribution in [3.63, 3.8) is 0 Å². The van der Waals surface area contributed by atoms with Gasteiger partial charge in [-0.05, 0) is 36.3 Å². The Labute approximate surface area is 165 Å². The maximum absolute atomic E-state index is 13.5. The van der Waals surface area contributed by atoms with Crippen molar-refractivity contribution in [2.75, 3.05) is 12.0 Å². The molecule has 0 atom stereocenters. The van der Waals surface area contributed by atoms with Crippen molar-refractivity contribution in [1.29, 1.82) is 0 Å². The van der Waals surface area contributed by atoms with Crippen molar-refractivity contribution in [2.24, 2.45) is 0 Å². The first kappa shape index (κ1) is 19.4. The van der Waals surface area contributed by atoms with Crippen LogP contribution in [0.2, 0.25) is 0 Å². The lowest BCUT2D eigenvalue weighted by Gasteiger charge is -2.15. The lowest BCUT2D eigenvalue weighted by molar-refractivity contribution is -0.388. The topological polar surface area (TPSA) is 103 Å². The molecule has 2 aromatic carbocycles. The first-order valence-corrected chi connectivity index (χ1v) is 11.4. The second-order valence-corrected chi connectivity index (χ2v) is 9.58. The van der Waals surface area contributed by atoms with Crippen molar-refractivity contribution < 1.29 is 13.3 Å². The number of thioether (sulfide) groups is 1. The molecule has 0 aliphatic heterocycles. The summed E-state index contributed by atoms with van der Waals surface area (Å²) in [6.45, 7) is 1.49. The van der Waals surface area contributed by atoms with Crippen LogP contribution in [0, 0.1) is 17.0 Å². The quantitative estimate of drug-likeness (QED) is 0.276. The van der Waals surface area contributed by atoms with E-state index in [1.807, 2.05) is 0 Å². The lowest BCUT2D eigenvalue weighted by Crippen LogP contribution is -2.11. The Morgan fingerprint density at radius 3 is 2.44 bits per heavy atom. The number of nitrogen functional groups attached to an aromatic ring is 1. The normalized spacial score (nSPS) is 11.5. The number of nitrogens with zero attached hydrogens (tertiary/aromatic N) is 1. The van der Waals surface area contributed by atoms with Gasteiger partial charge < -0.3 is 5.73 Å². The van der Waals surface area contributed by atoms with Gasteiger partial charge in [-0.1, -0.05) is 30.3 Å². The summed E-state index contributed by atoms with van der Waals surface area (Å²) < 4.78 is 27.6. The van der Waals surface area contributed by atoms with Crippen molar-refractivity contribution in [3.05, 3.63) is 63.5 Å². The number of rotatable bonds is 5. The molecule has 0 saturated heterocycles. The molecular weight excluding hydrogens is 404 g/mol. The number of nitro benzene ring substituents is 1. The molecule has 1 heterocycles. The molecule has 27 heavy (non-hydrogen) atoms. The van der Waals surface area contributed by atoms with Crippen molar-refractivity contribution in [3.8, 4) is 11.1 Å². The lowest BCUT2D eigenvalue weighted by atomic mass is 10.0. The monoisotopic (exact) mass is 420 g/mol. The van der Waals surface area contributed by atoms with Crippen molar-refractivity contribution in [2.45, 2.75) is 20.9 Å². The number of nitrogens with two attached hydrogens (primary N) is 1. The summed E-state index contributed by atoms with van der Waals surface area (Å²) in [5, 5.41) is 13.5. The van der Waals surface area contributed by atoms with E-state index < -0.39 is 20.4 Å². The molecule has 0 aliphatic rings. The van der Waals surface area contributed by atoms with Gasteiger partial charge >= 0.3 is 0 Å². The Balaban J connectivity index is 2.49. The van der Waals surface area contributed by atoms with E-state index >= 15 is 0 Å². The van der Waals surface area contributed by atoms with Crippen LogP contribution in [0.1, 0.15) is 5.56 Å². The van der Waals surface area contributed by atoms with Gasteiger partial charge in [0.25, 0.3) is 5.69 Å². The Bertz CT molecular complexity index is 1120. The van der Waals surface area contributed by atoms with Gasteiger partial charge in [0.2, 0.25) is 9.84 Å². The molecule has 3 rings (SSSR count). The number of benzene rings is 2. The van der Waals surface area contributed by atoms with Crippen LogP contribution in [0.15, 0.2) is 61.8 Å². The fraction of sp³-hybridized carbons (Fsp3) is 0.111. The Morgan fingerprint density at radius 1 is 1.19 bits per heavy atom. The fourth-order valence-electron chi connectivity index (χ4n) is 2.94. The van der Waals surface area contributed by atoms with Crippen LogP contribution in [0.3, 0.4) is 0 Å². The van der Waals surface area contributed by atoms with E-state index in [1.54, 1.807) is 42.0 Å². The van der Waals surface area contributed by atoms with Crippen LogP contribution in [0.5, 0.6) is 0 Å². The predicted molar refractivity (Wildman–Crippen MR) is 109 cm³/mol. The summed E-state index contributed by atoms with van der Waals surface area (Å²) in [7, 11) is -4.17. The van der Waals surface area contributed by atoms with Crippen LogP contribution in [-0.4, -0.2) is 19.6 Å². The molecule has 0 unspecified atom stereocenters. The van der Waals surface area contributed by atoms with E-state index in [-0.39, 0.29) is 26.6 Å². The van der Waals surface area contributed by atoms with Crippen LogP contribution in [0.25, 0.3) is 11.1 Å². The van der Waals surface area contributed by atoms with E-state index in [2.05, 4.69) is 0 Å². The third kappa shape index (κ3) is 3.33. The van der Waals surface area contributed by atoms with E-state index in [4.69, 9.17) is 5.73 Å². The maximum Gasteiger partial charge on any atom is 0.292 e. The highest BCUT2D eigenvalue weighted by Gasteiger charge is 2.36. The molecule has 9 heteroatoms. The molecule has 1 aromatic heterocycles. The van der Waals surface area contributed by atoms with Crippen molar-refractivity contribution >= 4 is 44.3 Å². The maximum atomic E-state index is 13.5. The number of anilines is 1. The second kappa shape index (κ2) is 7.34. The molecular formula is C18H16N2O4S3. The van der Waals surface area contributed by atoms with Gasteiger partial charge in [0.05, 0.1) is 14.0 Å². The minimum atomic E-state index is -4.17. The smallest absolute Gasteiger partial charge is 0.292 e. The highest BCUT2D eigenvalue weighted by Crippen LogP contribution is 2.45. The summed E-state index contributed by atoms with van der Waals surface area (Å²) in [6, 6.07) is 11.5. The Kier molecular flexibility index (Phi) is 5.27. The van der Waals surface area contributed by atoms with Crippen LogP contribution < -0.4 is 5.73 Å². The van der Waals surface area contributed by atoms with E-state index in [0.717, 1.165) is 0 Å². The molecule has 6 nitrogen and oxygen atoms in total. The minimum absolute atomic E-state index is 0.0604. The zero-order valence-electron chi connectivity index (χ0n) is 14.5. The largest absolute Gasteiger partial charge is 0.398 e. The summed E-state index contributed by atoms with van der Waals surface area (Å²) in [6.07, 6.45) is 1.77. The van der Waals surface area contributed by atoms with Gasteiger partial charge in [-0.2, -0.15) is 0 Å². The highest BCUT2D eigenvalue weighted by atomic mass is 32.2. The average Bonchev–Trinajstić information content (AvgIpc) is 3.11. The Morgan fingerprint density at radius 2 is 1.85 bits per heavy atom. The van der Waals surface area contributed by atoms with Crippen LogP contribution in [0.4, 0.5) is 11.4 Å². The Hall–Kier alpha value is -2.36. The molecule has 2 N–H and O–H groups in total. The zero-order valence-corrected chi connectivity index (χ0v) is 17.0. The average molecular weight is 421 g/mol. The minimum Gasteiger partial charge on any atom is -0.398 e. The zero-order chi connectivity index (χ0) is 19.8. The molecule has 0 fully saturated rings. The first-order valence-electron chi connectivity index (χ1n) is 7.78. The van der Waals surface area contributed by atoms with Crippen LogP contribution in [-0.2, 0) is 9.84 Å². The molecule has 3 aromatic rings. The summed E-state index contributed by atoms with van der Waals surface area (Å²) in [4.78, 5) is 10.9. The number of hydrogen-bond acceptors (Lipinski definition) is 7. The van der Waals surface area contributed by atoms with E-state index in [9.17, 15) is 18.5 Å². The summed E-state index contributed by atoms with van der Waals surface area (Å²) in [5.41, 5.74) is 6.77. The summed E-state index contributed by atoms with van der Waals surface area (Å²) >= 11 is 2.56. The van der Waals surface area contributed by atoms with E-state index in [1.165, 1.54) is 42.2 Å². The number of hydrogen-bond donors (Lipinski definition) is 1. The van der Waals surface area contributed by atoms with Crippen LogP contribution >= 0.6 is 23.1 Å². The molecule has 0 radical (unpaired) electrons. The SMILES string of the molecule is CSc1sccc1S(=O)(=O)c1c(-c2ccccc2)c(N)cc(C)c1[N+](=O)[O-]. The van der Waals surface area contributed by atoms with Gasteiger partial charge in [-0.15, -0.1) is 23.1 Å². The number of aryl methyl sites for hydroxylation is 1. The second-order valence-electron chi connectivity index (χ2n) is 5.74. The van der Waals surface area contributed by atoms with Gasteiger partial charge in [0.15, 0.2) is 4.90 Å². The fourth-order valence-corrected chi connectivity index (χ4v) is 7.09. The van der Waals surface area contributed by atoms with Gasteiger partial charge in [-0.25, -0.2) is 8.42 Å². The van der Waals surface area contributed by atoms with Crippen molar-refractivity contribution in [1.82, 2.24) is 0 Å². The summed E-state index contributed by atoms with van der Waals surface area (Å²) in [5.74, 6) is 0. The predicted octanol–water partition coefficient (Wildman–Crippen LogP) is 4.77.